The summed E-state index contributed by atoms with van der Waals surface area (Å²) in [5.74, 6) is -1.06. The highest BCUT2D eigenvalue weighted by atomic mass is 32.1. The first kappa shape index (κ1) is 13.7. The van der Waals surface area contributed by atoms with Crippen molar-refractivity contribution in [1.29, 1.82) is 0 Å². The van der Waals surface area contributed by atoms with E-state index in [0.717, 1.165) is 16.2 Å². The fourth-order valence-electron chi connectivity index (χ4n) is 1.85. The van der Waals surface area contributed by atoms with E-state index < -0.39 is 5.97 Å². The number of rotatable bonds is 3. The summed E-state index contributed by atoms with van der Waals surface area (Å²) in [5.41, 5.74) is 0.816. The van der Waals surface area contributed by atoms with Crippen molar-refractivity contribution in [1.82, 2.24) is 9.38 Å². The van der Waals surface area contributed by atoms with E-state index in [9.17, 15) is 9.59 Å². The fraction of sp³-hybridized carbons (Fsp3) is 0.0714. The zero-order valence-electron chi connectivity index (χ0n) is 10.9. The van der Waals surface area contributed by atoms with Gasteiger partial charge in [0.2, 0.25) is 0 Å². The molecule has 1 N–H and O–H groups in total. The summed E-state index contributed by atoms with van der Waals surface area (Å²) in [6.45, 7) is 1.69. The number of nitrogens with zero attached hydrogens (tertiary/aromatic N) is 2. The van der Waals surface area contributed by atoms with Gasteiger partial charge in [0.05, 0.1) is 5.69 Å². The normalized spacial score (nSPS) is 11.5. The van der Waals surface area contributed by atoms with Crippen molar-refractivity contribution < 1.29 is 9.90 Å². The van der Waals surface area contributed by atoms with Gasteiger partial charge < -0.3 is 5.11 Å². The molecule has 3 rings (SSSR count). The molecule has 106 valence electrons. The third-order valence-electron chi connectivity index (χ3n) is 2.95. The summed E-state index contributed by atoms with van der Waals surface area (Å²) < 4.78 is 1.28. The van der Waals surface area contributed by atoms with Crippen molar-refractivity contribution in [2.24, 2.45) is 0 Å². The quantitative estimate of drug-likeness (QED) is 0.806. The summed E-state index contributed by atoms with van der Waals surface area (Å²) in [4.78, 5) is 29.2. The molecule has 0 aromatic carbocycles. The molecule has 0 saturated carbocycles. The van der Waals surface area contributed by atoms with E-state index in [-0.39, 0.29) is 10.4 Å². The topological polar surface area (TPSA) is 71.7 Å². The first-order valence-electron chi connectivity index (χ1n) is 6.04. The predicted octanol–water partition coefficient (Wildman–Crippen LogP) is 2.99. The molecule has 0 fully saturated rings. The average Bonchev–Trinajstić information content (AvgIpc) is 3.10. The molecule has 0 radical (unpaired) electrons. The van der Waals surface area contributed by atoms with E-state index in [2.05, 4.69) is 4.98 Å². The highest BCUT2D eigenvalue weighted by molar-refractivity contribution is 7.18. The molecule has 3 aromatic heterocycles. The van der Waals surface area contributed by atoms with Crippen LogP contribution in [0.4, 0.5) is 0 Å². The third kappa shape index (κ3) is 2.53. The molecular formula is C14H10N2O3S2. The summed E-state index contributed by atoms with van der Waals surface area (Å²) in [6, 6.07) is 3.91. The van der Waals surface area contributed by atoms with Gasteiger partial charge >= 0.3 is 5.97 Å². The van der Waals surface area contributed by atoms with E-state index in [1.54, 1.807) is 24.3 Å². The zero-order valence-corrected chi connectivity index (χ0v) is 12.6. The Morgan fingerprint density at radius 3 is 2.90 bits per heavy atom. The Balaban J connectivity index is 2.13. The highest BCUT2D eigenvalue weighted by Gasteiger charge is 2.13. The van der Waals surface area contributed by atoms with Gasteiger partial charge in [-0.15, -0.1) is 11.3 Å². The van der Waals surface area contributed by atoms with Crippen LogP contribution >= 0.6 is 22.7 Å². The van der Waals surface area contributed by atoms with Crippen LogP contribution in [-0.2, 0) is 0 Å². The predicted molar refractivity (Wildman–Crippen MR) is 84.3 cm³/mol. The molecule has 0 bridgehead atoms. The number of hydrogen-bond donors (Lipinski definition) is 1. The van der Waals surface area contributed by atoms with Crippen LogP contribution < -0.4 is 5.56 Å². The Bertz CT molecular complexity index is 904. The number of carboxylic acids is 1. The smallest absolute Gasteiger partial charge is 0.347 e. The maximum absolute atomic E-state index is 12.3. The number of hydrogen-bond acceptors (Lipinski definition) is 5. The Morgan fingerprint density at radius 1 is 1.43 bits per heavy atom. The van der Waals surface area contributed by atoms with Gasteiger partial charge in [0.1, 0.15) is 4.88 Å². The molecule has 0 amide bonds. The van der Waals surface area contributed by atoms with Crippen LogP contribution in [0.25, 0.3) is 17.1 Å². The second kappa shape index (κ2) is 5.27. The van der Waals surface area contributed by atoms with Crippen molar-refractivity contribution in [3.05, 3.63) is 55.1 Å². The maximum atomic E-state index is 12.3. The molecule has 3 heterocycles. The van der Waals surface area contributed by atoms with Gasteiger partial charge in [-0.2, -0.15) is 0 Å². The highest BCUT2D eigenvalue weighted by Crippen LogP contribution is 2.18. The number of carboxylic acid groups (broad SMARTS) is 1. The molecule has 0 spiro atoms. The lowest BCUT2D eigenvalue weighted by Crippen LogP contribution is -2.17. The Hall–Kier alpha value is -2.25. The van der Waals surface area contributed by atoms with Gasteiger partial charge in [-0.05, 0) is 30.5 Å². The lowest BCUT2D eigenvalue weighted by molar-refractivity contribution is 0.0702. The maximum Gasteiger partial charge on any atom is 0.347 e. The van der Waals surface area contributed by atoms with Gasteiger partial charge in [-0.3, -0.25) is 9.20 Å². The molecule has 0 unspecified atom stereocenters. The molecule has 0 aliphatic rings. The Morgan fingerprint density at radius 2 is 2.24 bits per heavy atom. The fourth-order valence-corrected chi connectivity index (χ4v) is 3.29. The second-order valence-corrected chi connectivity index (χ2v) is 6.32. The van der Waals surface area contributed by atoms with E-state index >= 15 is 0 Å². The molecule has 0 saturated heterocycles. The van der Waals surface area contributed by atoms with E-state index in [0.29, 0.717) is 16.2 Å². The number of fused-ring (bicyclic) bond motifs is 1. The SMILES string of the molecule is Cc1c(C=Cc2cccs2)nc2sc(C(=O)O)cn2c1=O. The van der Waals surface area contributed by atoms with Crippen LogP contribution in [-0.4, -0.2) is 20.5 Å². The van der Waals surface area contributed by atoms with Crippen LogP contribution in [0.5, 0.6) is 0 Å². The van der Waals surface area contributed by atoms with Gasteiger partial charge in [0, 0.05) is 16.6 Å². The second-order valence-electron chi connectivity index (χ2n) is 4.33. The summed E-state index contributed by atoms with van der Waals surface area (Å²) in [7, 11) is 0. The van der Waals surface area contributed by atoms with Crippen LogP contribution in [0, 0.1) is 6.92 Å². The van der Waals surface area contributed by atoms with Gasteiger partial charge in [-0.25, -0.2) is 9.78 Å². The van der Waals surface area contributed by atoms with Crippen molar-refractivity contribution in [3.63, 3.8) is 0 Å². The molecule has 5 nitrogen and oxygen atoms in total. The van der Waals surface area contributed by atoms with Gasteiger partial charge in [0.25, 0.3) is 5.56 Å². The lowest BCUT2D eigenvalue weighted by atomic mass is 10.2. The third-order valence-corrected chi connectivity index (χ3v) is 4.76. The van der Waals surface area contributed by atoms with Crippen LogP contribution in [0.1, 0.15) is 25.8 Å². The lowest BCUT2D eigenvalue weighted by Gasteiger charge is -1.99. The van der Waals surface area contributed by atoms with Crippen LogP contribution in [0.15, 0.2) is 28.5 Å². The zero-order chi connectivity index (χ0) is 15.0. The number of thiophene rings is 1. The molecular weight excluding hydrogens is 308 g/mol. The molecule has 0 aliphatic heterocycles. The first-order chi connectivity index (χ1) is 10.1. The molecule has 3 aromatic rings. The summed E-state index contributed by atoms with van der Waals surface area (Å²) in [6.07, 6.45) is 4.99. The summed E-state index contributed by atoms with van der Waals surface area (Å²) in [5, 5.41) is 11.0. The average molecular weight is 318 g/mol. The largest absolute Gasteiger partial charge is 0.477 e. The van der Waals surface area contributed by atoms with Crippen molar-refractivity contribution in [2.75, 3.05) is 0 Å². The van der Waals surface area contributed by atoms with Crippen LogP contribution in [0.2, 0.25) is 0 Å². The standard InChI is InChI=1S/C14H10N2O3S2/c1-8-10(5-4-9-3-2-6-20-9)15-14-16(12(8)17)7-11(21-14)13(18)19/h2-7H,1H3,(H,18,19). The molecule has 21 heavy (non-hydrogen) atoms. The van der Waals surface area contributed by atoms with Crippen molar-refractivity contribution in [3.8, 4) is 0 Å². The van der Waals surface area contributed by atoms with Crippen LogP contribution in [0.3, 0.4) is 0 Å². The van der Waals surface area contributed by atoms with E-state index in [1.165, 1.54) is 10.6 Å². The monoisotopic (exact) mass is 318 g/mol. The number of carbonyl (C=O) groups is 1. The van der Waals surface area contributed by atoms with Crippen molar-refractivity contribution >= 4 is 45.8 Å². The molecule has 7 heteroatoms. The number of thiazole rings is 1. The molecule has 0 atom stereocenters. The van der Waals surface area contributed by atoms with Gasteiger partial charge in [0.15, 0.2) is 4.96 Å². The van der Waals surface area contributed by atoms with E-state index in [4.69, 9.17) is 5.11 Å². The Kier molecular flexibility index (Phi) is 3.44. The van der Waals surface area contributed by atoms with Crippen molar-refractivity contribution in [2.45, 2.75) is 6.92 Å². The van der Waals surface area contributed by atoms with Gasteiger partial charge in [-0.1, -0.05) is 17.4 Å². The minimum atomic E-state index is -1.06. The minimum Gasteiger partial charge on any atom is -0.477 e. The molecule has 0 aliphatic carbocycles. The summed E-state index contributed by atoms with van der Waals surface area (Å²) >= 11 is 2.58. The number of aromatic nitrogens is 2. The minimum absolute atomic E-state index is 0.0957. The Labute approximate surface area is 127 Å². The first-order valence-corrected chi connectivity index (χ1v) is 7.73. The van der Waals surface area contributed by atoms with E-state index in [1.807, 2.05) is 23.6 Å². The number of aromatic carboxylic acids is 1.